The van der Waals surface area contributed by atoms with Crippen molar-refractivity contribution in [2.24, 2.45) is 4.99 Å². The van der Waals surface area contributed by atoms with Gasteiger partial charge >= 0.3 is 0 Å². The van der Waals surface area contributed by atoms with E-state index >= 15 is 0 Å². The predicted molar refractivity (Wildman–Crippen MR) is 116 cm³/mol. The molecule has 1 aliphatic heterocycles. The molecule has 4 rings (SSSR count). The fourth-order valence-corrected chi connectivity index (χ4v) is 4.29. The van der Waals surface area contributed by atoms with Gasteiger partial charge in [0.2, 0.25) is 0 Å². The molecule has 2 aromatic rings. The molecule has 1 aromatic carbocycles. The van der Waals surface area contributed by atoms with Gasteiger partial charge in [-0.25, -0.2) is 9.67 Å². The molecule has 0 amide bonds. The SMILES string of the molecule is CN=C(NCc1cccc(OC)c1OC1CCCC1)NC1CCc2nc(C)nn2C1. The highest BCUT2D eigenvalue weighted by Gasteiger charge is 2.23. The molecule has 0 bridgehead atoms. The van der Waals surface area contributed by atoms with Crippen molar-refractivity contribution in [1.29, 1.82) is 0 Å². The van der Waals surface area contributed by atoms with Crippen molar-refractivity contribution in [3.63, 3.8) is 0 Å². The van der Waals surface area contributed by atoms with Crippen LogP contribution in [-0.4, -0.2) is 47.0 Å². The highest BCUT2D eigenvalue weighted by atomic mass is 16.5. The number of hydrogen-bond acceptors (Lipinski definition) is 5. The van der Waals surface area contributed by atoms with Crippen LogP contribution in [0, 0.1) is 6.92 Å². The average molecular weight is 413 g/mol. The molecule has 8 heteroatoms. The molecule has 162 valence electrons. The summed E-state index contributed by atoms with van der Waals surface area (Å²) < 4.78 is 13.9. The number of para-hydroxylation sites is 1. The lowest BCUT2D eigenvalue weighted by Gasteiger charge is -2.26. The first kappa shape index (κ1) is 20.5. The average Bonchev–Trinajstić information content (AvgIpc) is 3.39. The summed E-state index contributed by atoms with van der Waals surface area (Å²) in [5.74, 6) is 4.30. The van der Waals surface area contributed by atoms with E-state index < -0.39 is 0 Å². The highest BCUT2D eigenvalue weighted by Crippen LogP contribution is 2.34. The van der Waals surface area contributed by atoms with Gasteiger partial charge in [0.25, 0.3) is 0 Å². The summed E-state index contributed by atoms with van der Waals surface area (Å²) in [6, 6.07) is 6.31. The topological polar surface area (TPSA) is 85.6 Å². The highest BCUT2D eigenvalue weighted by molar-refractivity contribution is 5.80. The van der Waals surface area contributed by atoms with Gasteiger partial charge in [0, 0.05) is 31.6 Å². The third-order valence-electron chi connectivity index (χ3n) is 5.84. The standard InChI is InChI=1S/C22H32N6O2/c1-15-25-20-12-11-17(14-28(20)27-15)26-22(23-2)24-13-16-7-6-10-19(29-3)21(16)30-18-8-4-5-9-18/h6-7,10,17-18H,4-5,8-9,11-14H2,1-3H3,(H2,23,24,26). The maximum atomic E-state index is 6.34. The fourth-order valence-electron chi connectivity index (χ4n) is 4.29. The normalized spacial score (nSPS) is 19.4. The zero-order chi connectivity index (χ0) is 20.9. The Morgan fingerprint density at radius 3 is 2.87 bits per heavy atom. The summed E-state index contributed by atoms with van der Waals surface area (Å²) in [6.45, 7) is 3.35. The Kier molecular flexibility index (Phi) is 6.40. The number of rotatable bonds is 6. The number of nitrogens with zero attached hydrogens (tertiary/aromatic N) is 4. The number of ether oxygens (including phenoxy) is 2. The van der Waals surface area contributed by atoms with Crippen LogP contribution in [0.15, 0.2) is 23.2 Å². The zero-order valence-corrected chi connectivity index (χ0v) is 18.1. The molecule has 1 saturated carbocycles. The molecule has 2 heterocycles. The molecule has 8 nitrogen and oxygen atoms in total. The van der Waals surface area contributed by atoms with Crippen molar-refractivity contribution >= 4 is 5.96 Å². The third-order valence-corrected chi connectivity index (χ3v) is 5.84. The van der Waals surface area contributed by atoms with Crippen molar-refractivity contribution in [1.82, 2.24) is 25.4 Å². The van der Waals surface area contributed by atoms with E-state index in [1.54, 1.807) is 14.2 Å². The van der Waals surface area contributed by atoms with E-state index in [9.17, 15) is 0 Å². The second-order valence-corrected chi connectivity index (χ2v) is 8.04. The van der Waals surface area contributed by atoms with Crippen LogP contribution >= 0.6 is 0 Å². The van der Waals surface area contributed by atoms with Gasteiger partial charge in [-0.3, -0.25) is 4.99 Å². The van der Waals surface area contributed by atoms with Gasteiger partial charge in [-0.15, -0.1) is 0 Å². The second-order valence-electron chi connectivity index (χ2n) is 8.04. The summed E-state index contributed by atoms with van der Waals surface area (Å²) in [5, 5.41) is 11.4. The number of aryl methyl sites for hydroxylation is 2. The van der Waals surface area contributed by atoms with Gasteiger partial charge < -0.3 is 20.1 Å². The first-order valence-corrected chi connectivity index (χ1v) is 10.9. The number of methoxy groups -OCH3 is 1. The Balaban J connectivity index is 1.39. The summed E-state index contributed by atoms with van der Waals surface area (Å²) >= 11 is 0. The Morgan fingerprint density at radius 2 is 2.10 bits per heavy atom. The summed E-state index contributed by atoms with van der Waals surface area (Å²) in [7, 11) is 3.49. The van der Waals surface area contributed by atoms with Crippen LogP contribution in [-0.2, 0) is 19.5 Å². The van der Waals surface area contributed by atoms with E-state index in [0.29, 0.717) is 6.54 Å². The molecule has 1 aliphatic carbocycles. The smallest absolute Gasteiger partial charge is 0.191 e. The van der Waals surface area contributed by atoms with Crippen LogP contribution in [0.25, 0.3) is 0 Å². The van der Waals surface area contributed by atoms with Crippen molar-refractivity contribution in [2.45, 2.75) is 70.7 Å². The van der Waals surface area contributed by atoms with E-state index in [0.717, 1.165) is 66.9 Å². The molecular formula is C22H32N6O2. The van der Waals surface area contributed by atoms with Crippen molar-refractivity contribution in [3.8, 4) is 11.5 Å². The first-order chi connectivity index (χ1) is 14.7. The molecule has 2 N–H and O–H groups in total. The molecule has 0 radical (unpaired) electrons. The third kappa shape index (κ3) is 4.68. The fraction of sp³-hybridized carbons (Fsp3) is 0.591. The van der Waals surface area contributed by atoms with E-state index in [-0.39, 0.29) is 12.1 Å². The maximum Gasteiger partial charge on any atom is 0.191 e. The molecule has 1 atom stereocenters. The monoisotopic (exact) mass is 412 g/mol. The predicted octanol–water partition coefficient (Wildman–Crippen LogP) is 2.60. The minimum atomic E-state index is 0.268. The van der Waals surface area contributed by atoms with Crippen LogP contribution in [0.1, 0.15) is 49.3 Å². The maximum absolute atomic E-state index is 6.34. The Morgan fingerprint density at radius 1 is 1.27 bits per heavy atom. The molecule has 1 fully saturated rings. The van der Waals surface area contributed by atoms with E-state index in [2.05, 4.69) is 31.8 Å². The number of aliphatic imine (C=N–C) groups is 1. The Hall–Kier alpha value is -2.77. The van der Waals surface area contributed by atoms with Gasteiger partial charge in [-0.2, -0.15) is 5.10 Å². The molecule has 2 aliphatic rings. The van der Waals surface area contributed by atoms with E-state index in [4.69, 9.17) is 9.47 Å². The van der Waals surface area contributed by atoms with Crippen LogP contribution in [0.5, 0.6) is 11.5 Å². The Labute approximate surface area is 178 Å². The van der Waals surface area contributed by atoms with Crippen LogP contribution in [0.4, 0.5) is 0 Å². The molecular weight excluding hydrogens is 380 g/mol. The van der Waals surface area contributed by atoms with Crippen molar-refractivity contribution in [3.05, 3.63) is 35.4 Å². The summed E-state index contributed by atoms with van der Waals surface area (Å²) in [6.07, 6.45) is 6.90. The van der Waals surface area contributed by atoms with Crippen LogP contribution in [0.2, 0.25) is 0 Å². The van der Waals surface area contributed by atoms with Gasteiger partial charge in [-0.1, -0.05) is 12.1 Å². The minimum Gasteiger partial charge on any atom is -0.493 e. The molecule has 1 unspecified atom stereocenters. The van der Waals surface area contributed by atoms with E-state index in [1.807, 2.05) is 23.7 Å². The zero-order valence-electron chi connectivity index (χ0n) is 18.1. The van der Waals surface area contributed by atoms with Gasteiger partial charge in [0.05, 0.1) is 19.8 Å². The first-order valence-electron chi connectivity index (χ1n) is 10.9. The van der Waals surface area contributed by atoms with Crippen LogP contribution < -0.4 is 20.1 Å². The van der Waals surface area contributed by atoms with Gasteiger partial charge in [-0.05, 0) is 45.1 Å². The summed E-state index contributed by atoms with van der Waals surface area (Å²) in [5.41, 5.74) is 1.07. The van der Waals surface area contributed by atoms with E-state index in [1.165, 1.54) is 12.8 Å². The lowest BCUT2D eigenvalue weighted by atomic mass is 10.1. The van der Waals surface area contributed by atoms with Gasteiger partial charge in [0.1, 0.15) is 11.6 Å². The minimum absolute atomic E-state index is 0.268. The number of benzene rings is 1. The lowest BCUT2D eigenvalue weighted by Crippen LogP contribution is -2.46. The van der Waals surface area contributed by atoms with Crippen LogP contribution in [0.3, 0.4) is 0 Å². The quantitative estimate of drug-likeness (QED) is 0.560. The molecule has 0 saturated heterocycles. The number of aromatic nitrogens is 3. The van der Waals surface area contributed by atoms with Gasteiger partial charge in [0.15, 0.2) is 17.5 Å². The number of fused-ring (bicyclic) bond motifs is 1. The number of hydrogen-bond donors (Lipinski definition) is 2. The Bertz CT molecular complexity index is 888. The van der Waals surface area contributed by atoms with Crippen molar-refractivity contribution < 1.29 is 9.47 Å². The lowest BCUT2D eigenvalue weighted by molar-refractivity contribution is 0.198. The number of guanidine groups is 1. The molecule has 1 aromatic heterocycles. The molecule has 0 spiro atoms. The largest absolute Gasteiger partial charge is 0.493 e. The number of nitrogens with one attached hydrogen (secondary N) is 2. The second kappa shape index (κ2) is 9.36. The summed E-state index contributed by atoms with van der Waals surface area (Å²) in [4.78, 5) is 8.89. The van der Waals surface area contributed by atoms with Crippen molar-refractivity contribution in [2.75, 3.05) is 14.2 Å². The molecule has 30 heavy (non-hydrogen) atoms.